The van der Waals surface area contributed by atoms with Crippen LogP contribution in [-0.4, -0.2) is 14.8 Å². The predicted octanol–water partition coefficient (Wildman–Crippen LogP) is 4.44. The Balaban J connectivity index is 1.80. The fraction of sp³-hybridized carbons (Fsp3) is 0.300. The van der Waals surface area contributed by atoms with Crippen LogP contribution >= 0.6 is 0 Å². The molecule has 0 atom stereocenters. The monoisotopic (exact) mass is 301 g/mol. The van der Waals surface area contributed by atoms with E-state index in [2.05, 4.69) is 69.4 Å². The molecule has 23 heavy (non-hydrogen) atoms. The first kappa shape index (κ1) is 13.1. The van der Waals surface area contributed by atoms with Crippen LogP contribution in [0.4, 0.5) is 0 Å². The first-order chi connectivity index (χ1) is 11.4. The van der Waals surface area contributed by atoms with Crippen LogP contribution < -0.4 is 0 Å². The van der Waals surface area contributed by atoms with Gasteiger partial charge in [-0.1, -0.05) is 67.4 Å². The van der Waals surface area contributed by atoms with Gasteiger partial charge in [0.1, 0.15) is 0 Å². The largest absolute Gasteiger partial charge is 0.300 e. The second kappa shape index (κ2) is 4.79. The summed E-state index contributed by atoms with van der Waals surface area (Å²) in [6.45, 7) is 0. The zero-order valence-electron chi connectivity index (χ0n) is 13.1. The smallest absolute Gasteiger partial charge is 0.165 e. The average molecular weight is 301 g/mol. The van der Waals surface area contributed by atoms with E-state index in [9.17, 15) is 0 Å². The fourth-order valence-corrected chi connectivity index (χ4v) is 4.44. The summed E-state index contributed by atoms with van der Waals surface area (Å²) >= 11 is 0. The predicted molar refractivity (Wildman–Crippen MR) is 91.0 cm³/mol. The van der Waals surface area contributed by atoms with Crippen molar-refractivity contribution in [1.82, 2.24) is 14.8 Å². The highest BCUT2D eigenvalue weighted by molar-refractivity contribution is 5.68. The normalized spacial score (nSPS) is 17.9. The SMILES string of the molecule is c1ccc(-c2nnc3n2C2(CCCC2)Cc2ccccc2-3)cc1. The molecular formula is C20H19N3. The quantitative estimate of drug-likeness (QED) is 0.665. The van der Waals surface area contributed by atoms with Gasteiger partial charge in [0.05, 0.1) is 5.54 Å². The van der Waals surface area contributed by atoms with Gasteiger partial charge in [-0.2, -0.15) is 0 Å². The molecule has 0 saturated heterocycles. The molecule has 0 bridgehead atoms. The van der Waals surface area contributed by atoms with Crippen LogP contribution in [0.2, 0.25) is 0 Å². The molecular weight excluding hydrogens is 282 g/mol. The van der Waals surface area contributed by atoms with Crippen LogP contribution in [0.3, 0.4) is 0 Å². The second-order valence-corrected chi connectivity index (χ2v) is 6.81. The number of benzene rings is 2. The number of hydrogen-bond acceptors (Lipinski definition) is 2. The molecule has 1 saturated carbocycles. The zero-order valence-corrected chi connectivity index (χ0v) is 13.1. The number of rotatable bonds is 1. The number of aromatic nitrogens is 3. The third-order valence-electron chi connectivity index (χ3n) is 5.48. The van der Waals surface area contributed by atoms with Gasteiger partial charge in [0.2, 0.25) is 0 Å². The van der Waals surface area contributed by atoms with E-state index in [0.717, 1.165) is 23.6 Å². The van der Waals surface area contributed by atoms with E-state index >= 15 is 0 Å². The van der Waals surface area contributed by atoms with Crippen molar-refractivity contribution >= 4 is 0 Å². The van der Waals surface area contributed by atoms with Gasteiger partial charge in [0, 0.05) is 11.1 Å². The van der Waals surface area contributed by atoms with E-state index in [4.69, 9.17) is 0 Å². The fourth-order valence-electron chi connectivity index (χ4n) is 4.44. The topological polar surface area (TPSA) is 30.7 Å². The molecule has 0 radical (unpaired) electrons. The molecule has 3 aromatic rings. The summed E-state index contributed by atoms with van der Waals surface area (Å²) in [6, 6.07) is 19.2. The van der Waals surface area contributed by atoms with Gasteiger partial charge in [-0.3, -0.25) is 0 Å². The van der Waals surface area contributed by atoms with Gasteiger partial charge < -0.3 is 4.57 Å². The summed E-state index contributed by atoms with van der Waals surface area (Å²) in [6.07, 6.45) is 6.16. The lowest BCUT2D eigenvalue weighted by atomic mass is 9.83. The van der Waals surface area contributed by atoms with E-state index in [-0.39, 0.29) is 5.54 Å². The minimum Gasteiger partial charge on any atom is -0.300 e. The maximum atomic E-state index is 4.61. The third-order valence-corrected chi connectivity index (χ3v) is 5.48. The minimum atomic E-state index is 0.165. The Hall–Kier alpha value is -2.42. The summed E-state index contributed by atoms with van der Waals surface area (Å²) in [5.74, 6) is 2.07. The van der Waals surface area contributed by atoms with Crippen molar-refractivity contribution in [2.24, 2.45) is 0 Å². The maximum Gasteiger partial charge on any atom is 0.165 e. The van der Waals surface area contributed by atoms with Crippen LogP contribution in [0, 0.1) is 0 Å². The minimum absolute atomic E-state index is 0.165. The van der Waals surface area contributed by atoms with Crippen LogP contribution in [-0.2, 0) is 12.0 Å². The standard InChI is InChI=1S/C20H19N3/c1-2-8-15(9-3-1)18-21-22-19-17-11-5-4-10-16(17)14-20(23(18)19)12-6-7-13-20/h1-5,8-11H,6-7,12-14H2. The summed E-state index contributed by atoms with van der Waals surface area (Å²) in [5.41, 5.74) is 4.00. The Morgan fingerprint density at radius 1 is 0.783 bits per heavy atom. The van der Waals surface area contributed by atoms with Crippen molar-refractivity contribution in [3.63, 3.8) is 0 Å². The molecule has 0 unspecified atom stereocenters. The first-order valence-corrected chi connectivity index (χ1v) is 8.47. The van der Waals surface area contributed by atoms with Gasteiger partial charge in [0.25, 0.3) is 0 Å². The third kappa shape index (κ3) is 1.83. The lowest BCUT2D eigenvalue weighted by Crippen LogP contribution is -2.37. The highest BCUT2D eigenvalue weighted by atomic mass is 15.3. The Morgan fingerprint density at radius 2 is 1.48 bits per heavy atom. The molecule has 1 aromatic heterocycles. The van der Waals surface area contributed by atoms with E-state index in [0.29, 0.717) is 0 Å². The van der Waals surface area contributed by atoms with Crippen molar-refractivity contribution < 1.29 is 0 Å². The van der Waals surface area contributed by atoms with Gasteiger partial charge in [-0.25, -0.2) is 0 Å². The number of fused-ring (bicyclic) bond motifs is 4. The molecule has 2 heterocycles. The first-order valence-electron chi connectivity index (χ1n) is 8.47. The van der Waals surface area contributed by atoms with Gasteiger partial charge in [-0.15, -0.1) is 10.2 Å². The van der Waals surface area contributed by atoms with Crippen LogP contribution in [0.15, 0.2) is 54.6 Å². The molecule has 0 amide bonds. The molecule has 5 rings (SSSR count). The van der Waals surface area contributed by atoms with Gasteiger partial charge >= 0.3 is 0 Å². The van der Waals surface area contributed by atoms with Gasteiger partial charge in [-0.05, 0) is 24.8 Å². The number of nitrogens with zero attached hydrogens (tertiary/aromatic N) is 3. The number of hydrogen-bond donors (Lipinski definition) is 0. The maximum absolute atomic E-state index is 4.61. The summed E-state index contributed by atoms with van der Waals surface area (Å²) in [4.78, 5) is 0. The summed E-state index contributed by atoms with van der Waals surface area (Å²) in [5, 5.41) is 9.21. The molecule has 114 valence electrons. The van der Waals surface area contributed by atoms with Crippen molar-refractivity contribution in [3.8, 4) is 22.8 Å². The van der Waals surface area contributed by atoms with Crippen molar-refractivity contribution in [2.75, 3.05) is 0 Å². The van der Waals surface area contributed by atoms with E-state index in [1.165, 1.54) is 36.8 Å². The van der Waals surface area contributed by atoms with E-state index < -0.39 is 0 Å². The van der Waals surface area contributed by atoms with Crippen LogP contribution in [0.5, 0.6) is 0 Å². The molecule has 1 spiro atoms. The van der Waals surface area contributed by atoms with Crippen LogP contribution in [0.25, 0.3) is 22.8 Å². The average Bonchev–Trinajstić information content (AvgIpc) is 3.24. The molecule has 1 fully saturated rings. The molecule has 2 aliphatic rings. The van der Waals surface area contributed by atoms with E-state index in [1.807, 2.05) is 0 Å². The molecule has 3 nitrogen and oxygen atoms in total. The highest BCUT2D eigenvalue weighted by Gasteiger charge is 2.43. The molecule has 3 heteroatoms. The van der Waals surface area contributed by atoms with Crippen molar-refractivity contribution in [1.29, 1.82) is 0 Å². The molecule has 2 aromatic carbocycles. The Labute approximate surface area is 136 Å². The van der Waals surface area contributed by atoms with E-state index in [1.54, 1.807) is 0 Å². The van der Waals surface area contributed by atoms with Gasteiger partial charge in [0.15, 0.2) is 11.6 Å². The second-order valence-electron chi connectivity index (χ2n) is 6.81. The Bertz CT molecular complexity index is 844. The lowest BCUT2D eigenvalue weighted by Gasteiger charge is -2.37. The van der Waals surface area contributed by atoms with Crippen molar-refractivity contribution in [2.45, 2.75) is 37.6 Å². The highest BCUT2D eigenvalue weighted by Crippen LogP contribution is 2.48. The summed E-state index contributed by atoms with van der Waals surface area (Å²) in [7, 11) is 0. The summed E-state index contributed by atoms with van der Waals surface area (Å²) < 4.78 is 2.46. The Morgan fingerprint density at radius 3 is 2.30 bits per heavy atom. The van der Waals surface area contributed by atoms with Crippen LogP contribution in [0.1, 0.15) is 31.2 Å². The molecule has 0 N–H and O–H groups in total. The lowest BCUT2D eigenvalue weighted by molar-refractivity contribution is 0.289. The molecule has 1 aliphatic carbocycles. The van der Waals surface area contributed by atoms with Crippen molar-refractivity contribution in [3.05, 3.63) is 60.2 Å². The Kier molecular flexibility index (Phi) is 2.72. The zero-order chi connectivity index (χ0) is 15.3. The molecule has 1 aliphatic heterocycles.